The zero-order valence-corrected chi connectivity index (χ0v) is 7.78. The van der Waals surface area contributed by atoms with Gasteiger partial charge in [-0.15, -0.1) is 0 Å². The molecule has 0 saturated heterocycles. The molecule has 0 aliphatic rings. The van der Waals surface area contributed by atoms with Crippen LogP contribution in [-0.2, 0) is 0 Å². The minimum absolute atomic E-state index is 0.788. The standard InChI is InChI=1S/C9H6BrNO/c10-8-3-1-2-7(6-8)9-4-5-11-12-9/h1-6H. The van der Waals surface area contributed by atoms with Crippen LogP contribution in [0.1, 0.15) is 0 Å². The third kappa shape index (κ3) is 1.41. The summed E-state index contributed by atoms with van der Waals surface area (Å²) in [7, 11) is 0. The number of aromatic nitrogens is 1. The SMILES string of the molecule is Brc1cccc(-c2ccno2)c1. The molecule has 0 fully saturated rings. The Morgan fingerprint density at radius 3 is 2.83 bits per heavy atom. The molecule has 0 amide bonds. The number of rotatable bonds is 1. The molecular formula is C9H6BrNO. The van der Waals surface area contributed by atoms with Gasteiger partial charge in [-0.1, -0.05) is 33.2 Å². The molecule has 3 heteroatoms. The number of halogens is 1. The van der Waals surface area contributed by atoms with Crippen molar-refractivity contribution in [3.63, 3.8) is 0 Å². The highest BCUT2D eigenvalue weighted by atomic mass is 79.9. The van der Waals surface area contributed by atoms with Gasteiger partial charge in [0.2, 0.25) is 0 Å². The van der Waals surface area contributed by atoms with E-state index < -0.39 is 0 Å². The summed E-state index contributed by atoms with van der Waals surface area (Å²) in [6.07, 6.45) is 1.64. The highest BCUT2D eigenvalue weighted by molar-refractivity contribution is 9.10. The van der Waals surface area contributed by atoms with Gasteiger partial charge in [0.25, 0.3) is 0 Å². The molecule has 0 aliphatic carbocycles. The zero-order valence-electron chi connectivity index (χ0n) is 6.20. The van der Waals surface area contributed by atoms with Crippen LogP contribution >= 0.6 is 15.9 Å². The van der Waals surface area contributed by atoms with Crippen LogP contribution in [0.2, 0.25) is 0 Å². The molecule has 0 unspecified atom stereocenters. The number of hydrogen-bond donors (Lipinski definition) is 0. The largest absolute Gasteiger partial charge is 0.356 e. The molecule has 0 spiro atoms. The molecule has 0 radical (unpaired) electrons. The predicted octanol–water partition coefficient (Wildman–Crippen LogP) is 3.10. The second-order valence-corrected chi connectivity index (χ2v) is 3.30. The average molecular weight is 224 g/mol. The van der Waals surface area contributed by atoms with Crippen molar-refractivity contribution < 1.29 is 4.52 Å². The molecule has 0 N–H and O–H groups in total. The second kappa shape index (κ2) is 3.11. The Labute approximate surface area is 78.3 Å². The van der Waals surface area contributed by atoms with Crippen LogP contribution in [0.4, 0.5) is 0 Å². The lowest BCUT2D eigenvalue weighted by Gasteiger charge is -1.94. The zero-order chi connectivity index (χ0) is 8.39. The van der Waals surface area contributed by atoms with Gasteiger partial charge in [0.05, 0.1) is 6.20 Å². The lowest BCUT2D eigenvalue weighted by Crippen LogP contribution is -1.72. The van der Waals surface area contributed by atoms with E-state index in [4.69, 9.17) is 4.52 Å². The van der Waals surface area contributed by atoms with E-state index in [1.54, 1.807) is 6.20 Å². The van der Waals surface area contributed by atoms with Crippen LogP contribution in [0.3, 0.4) is 0 Å². The van der Waals surface area contributed by atoms with E-state index >= 15 is 0 Å². The van der Waals surface area contributed by atoms with Crippen LogP contribution in [0.5, 0.6) is 0 Å². The topological polar surface area (TPSA) is 26.0 Å². The first-order chi connectivity index (χ1) is 5.86. The molecule has 12 heavy (non-hydrogen) atoms. The monoisotopic (exact) mass is 223 g/mol. The van der Waals surface area contributed by atoms with E-state index in [2.05, 4.69) is 21.1 Å². The fourth-order valence-corrected chi connectivity index (χ4v) is 1.41. The molecule has 1 aromatic heterocycles. The van der Waals surface area contributed by atoms with Crippen LogP contribution < -0.4 is 0 Å². The van der Waals surface area contributed by atoms with E-state index in [1.165, 1.54) is 0 Å². The normalized spacial score (nSPS) is 10.1. The van der Waals surface area contributed by atoms with Gasteiger partial charge in [0, 0.05) is 16.1 Å². The van der Waals surface area contributed by atoms with E-state index in [0.29, 0.717) is 0 Å². The van der Waals surface area contributed by atoms with Gasteiger partial charge in [-0.2, -0.15) is 0 Å². The number of benzene rings is 1. The first kappa shape index (κ1) is 7.55. The third-order valence-electron chi connectivity index (χ3n) is 1.55. The minimum Gasteiger partial charge on any atom is -0.356 e. The maximum Gasteiger partial charge on any atom is 0.166 e. The molecule has 2 rings (SSSR count). The number of hydrogen-bond acceptors (Lipinski definition) is 2. The van der Waals surface area contributed by atoms with Crippen molar-refractivity contribution >= 4 is 15.9 Å². The Morgan fingerprint density at radius 2 is 2.17 bits per heavy atom. The van der Waals surface area contributed by atoms with Crippen molar-refractivity contribution in [2.75, 3.05) is 0 Å². The molecule has 1 heterocycles. The molecule has 2 nitrogen and oxygen atoms in total. The Hall–Kier alpha value is -1.09. The Balaban J connectivity index is 2.48. The summed E-state index contributed by atoms with van der Waals surface area (Å²) in [6.45, 7) is 0. The van der Waals surface area contributed by atoms with Crippen molar-refractivity contribution in [3.05, 3.63) is 41.0 Å². The lowest BCUT2D eigenvalue weighted by atomic mass is 10.2. The Morgan fingerprint density at radius 1 is 1.25 bits per heavy atom. The molecule has 1 aromatic carbocycles. The lowest BCUT2D eigenvalue weighted by molar-refractivity contribution is 0.432. The van der Waals surface area contributed by atoms with E-state index in [9.17, 15) is 0 Å². The Bertz CT molecular complexity index is 370. The van der Waals surface area contributed by atoms with Crippen molar-refractivity contribution in [2.45, 2.75) is 0 Å². The van der Waals surface area contributed by atoms with Gasteiger partial charge >= 0.3 is 0 Å². The molecule has 0 aliphatic heterocycles. The fraction of sp³-hybridized carbons (Fsp3) is 0. The van der Waals surface area contributed by atoms with E-state index in [-0.39, 0.29) is 0 Å². The van der Waals surface area contributed by atoms with Crippen molar-refractivity contribution in [2.24, 2.45) is 0 Å². The second-order valence-electron chi connectivity index (χ2n) is 2.39. The molecule has 2 aromatic rings. The smallest absolute Gasteiger partial charge is 0.166 e. The summed E-state index contributed by atoms with van der Waals surface area (Å²) in [5.41, 5.74) is 1.03. The molecular weight excluding hydrogens is 218 g/mol. The highest BCUT2D eigenvalue weighted by Gasteiger charge is 2.00. The maximum atomic E-state index is 5.00. The maximum absolute atomic E-state index is 5.00. The summed E-state index contributed by atoms with van der Waals surface area (Å²) in [4.78, 5) is 0. The van der Waals surface area contributed by atoms with Crippen LogP contribution in [0.15, 0.2) is 45.5 Å². The van der Waals surface area contributed by atoms with Crippen molar-refractivity contribution in [3.8, 4) is 11.3 Å². The van der Waals surface area contributed by atoms with Crippen LogP contribution in [0.25, 0.3) is 11.3 Å². The van der Waals surface area contributed by atoms with E-state index in [1.807, 2.05) is 30.3 Å². The van der Waals surface area contributed by atoms with Gasteiger partial charge in [0.15, 0.2) is 5.76 Å². The summed E-state index contributed by atoms with van der Waals surface area (Å²) in [5.74, 6) is 0.788. The van der Waals surface area contributed by atoms with Crippen LogP contribution in [0, 0.1) is 0 Å². The Kier molecular flexibility index (Phi) is 1.96. The van der Waals surface area contributed by atoms with Gasteiger partial charge in [0.1, 0.15) is 0 Å². The van der Waals surface area contributed by atoms with Crippen molar-refractivity contribution in [1.82, 2.24) is 5.16 Å². The minimum atomic E-state index is 0.788. The molecule has 0 atom stereocenters. The van der Waals surface area contributed by atoms with Crippen LogP contribution in [-0.4, -0.2) is 5.16 Å². The first-order valence-electron chi connectivity index (χ1n) is 3.53. The van der Waals surface area contributed by atoms with Gasteiger partial charge in [-0.05, 0) is 12.1 Å². The van der Waals surface area contributed by atoms with Crippen molar-refractivity contribution in [1.29, 1.82) is 0 Å². The number of nitrogens with zero attached hydrogens (tertiary/aromatic N) is 1. The van der Waals surface area contributed by atoms with Gasteiger partial charge in [-0.3, -0.25) is 0 Å². The molecule has 60 valence electrons. The van der Waals surface area contributed by atoms with E-state index in [0.717, 1.165) is 15.8 Å². The van der Waals surface area contributed by atoms with Gasteiger partial charge < -0.3 is 4.52 Å². The average Bonchev–Trinajstić information content (AvgIpc) is 2.56. The molecule has 0 saturated carbocycles. The summed E-state index contributed by atoms with van der Waals surface area (Å²) in [6, 6.07) is 9.73. The first-order valence-corrected chi connectivity index (χ1v) is 4.32. The predicted molar refractivity (Wildman–Crippen MR) is 49.6 cm³/mol. The summed E-state index contributed by atoms with van der Waals surface area (Å²) >= 11 is 3.39. The van der Waals surface area contributed by atoms with Gasteiger partial charge in [-0.25, -0.2) is 0 Å². The quantitative estimate of drug-likeness (QED) is 0.743. The summed E-state index contributed by atoms with van der Waals surface area (Å²) < 4.78 is 6.04. The summed E-state index contributed by atoms with van der Waals surface area (Å²) in [5, 5.41) is 3.64. The highest BCUT2D eigenvalue weighted by Crippen LogP contribution is 2.21. The third-order valence-corrected chi connectivity index (χ3v) is 2.04. The fourth-order valence-electron chi connectivity index (χ4n) is 1.01. The molecule has 0 bridgehead atoms.